The number of rotatable bonds is 2. The number of aryl methyl sites for hydroxylation is 1. The second-order valence-corrected chi connectivity index (χ2v) is 4.66. The minimum absolute atomic E-state index is 0.123. The van der Waals surface area contributed by atoms with Crippen LogP contribution in [0.2, 0.25) is 0 Å². The average molecular weight is 272 g/mol. The number of carbonyl (C=O) groups excluding carboxylic acids is 1. The number of fused-ring (bicyclic) bond motifs is 1. The van der Waals surface area contributed by atoms with E-state index in [-0.39, 0.29) is 12.5 Å². The lowest BCUT2D eigenvalue weighted by molar-refractivity contribution is -0.138. The molecule has 1 atom stereocenters. The van der Waals surface area contributed by atoms with Crippen LogP contribution in [0, 0.1) is 6.92 Å². The van der Waals surface area contributed by atoms with Crippen molar-refractivity contribution in [3.8, 4) is 0 Å². The standard InChI is InChI=1S/C14H12N2O4/c1-8-10(6-15-20-8)13(17)16-7-11(14(18)19)9-4-2-3-5-12(9)16/h2-6,11H,7H2,1H3,(H,18,19). The highest BCUT2D eigenvalue weighted by Crippen LogP contribution is 2.37. The van der Waals surface area contributed by atoms with E-state index >= 15 is 0 Å². The van der Waals surface area contributed by atoms with Crippen LogP contribution in [0.5, 0.6) is 0 Å². The number of carbonyl (C=O) groups is 2. The van der Waals surface area contributed by atoms with Crippen molar-refractivity contribution in [3.63, 3.8) is 0 Å². The van der Waals surface area contributed by atoms with Crippen LogP contribution in [-0.4, -0.2) is 28.7 Å². The topological polar surface area (TPSA) is 83.6 Å². The summed E-state index contributed by atoms with van der Waals surface area (Å²) in [7, 11) is 0. The smallest absolute Gasteiger partial charge is 0.312 e. The number of nitrogens with zero attached hydrogens (tertiary/aromatic N) is 2. The number of aliphatic carboxylic acids is 1. The largest absolute Gasteiger partial charge is 0.481 e. The predicted molar refractivity (Wildman–Crippen MR) is 69.7 cm³/mol. The van der Waals surface area contributed by atoms with Gasteiger partial charge >= 0.3 is 5.97 Å². The van der Waals surface area contributed by atoms with Crippen molar-refractivity contribution in [3.05, 3.63) is 47.3 Å². The van der Waals surface area contributed by atoms with E-state index in [2.05, 4.69) is 5.16 Å². The summed E-state index contributed by atoms with van der Waals surface area (Å²) in [6.45, 7) is 1.77. The molecule has 1 aromatic carbocycles. The van der Waals surface area contributed by atoms with Crippen LogP contribution < -0.4 is 4.90 Å². The van der Waals surface area contributed by atoms with Crippen LogP contribution in [0.25, 0.3) is 0 Å². The Labute approximate surface area is 114 Å². The van der Waals surface area contributed by atoms with Crippen molar-refractivity contribution in [2.45, 2.75) is 12.8 Å². The van der Waals surface area contributed by atoms with Crippen LogP contribution in [0.4, 0.5) is 5.69 Å². The Hall–Kier alpha value is -2.63. The zero-order chi connectivity index (χ0) is 14.3. The van der Waals surface area contributed by atoms with E-state index in [0.29, 0.717) is 22.6 Å². The Bertz CT molecular complexity index is 692. The first-order chi connectivity index (χ1) is 9.59. The van der Waals surface area contributed by atoms with Gasteiger partial charge in [-0.3, -0.25) is 9.59 Å². The summed E-state index contributed by atoms with van der Waals surface area (Å²) in [6.07, 6.45) is 1.36. The Morgan fingerprint density at radius 2 is 2.15 bits per heavy atom. The lowest BCUT2D eigenvalue weighted by Gasteiger charge is -2.16. The highest BCUT2D eigenvalue weighted by molar-refractivity contribution is 6.09. The van der Waals surface area contributed by atoms with Gasteiger partial charge in [-0.05, 0) is 18.6 Å². The summed E-state index contributed by atoms with van der Waals surface area (Å²) in [6, 6.07) is 7.04. The summed E-state index contributed by atoms with van der Waals surface area (Å²) in [5, 5.41) is 12.9. The summed E-state index contributed by atoms with van der Waals surface area (Å²) >= 11 is 0. The Morgan fingerprint density at radius 3 is 2.80 bits per heavy atom. The quantitative estimate of drug-likeness (QED) is 0.901. The molecule has 1 aromatic heterocycles. The molecule has 6 nitrogen and oxygen atoms in total. The van der Waals surface area contributed by atoms with E-state index in [0.717, 1.165) is 0 Å². The van der Waals surface area contributed by atoms with Gasteiger partial charge in [0.05, 0.1) is 6.20 Å². The number of hydrogen-bond donors (Lipinski definition) is 1. The van der Waals surface area contributed by atoms with Crippen molar-refractivity contribution in [2.24, 2.45) is 0 Å². The van der Waals surface area contributed by atoms with Gasteiger partial charge in [0.15, 0.2) is 0 Å². The normalized spacial score (nSPS) is 17.1. The molecule has 1 N–H and O–H groups in total. The second-order valence-electron chi connectivity index (χ2n) is 4.66. The third kappa shape index (κ3) is 1.77. The van der Waals surface area contributed by atoms with Gasteiger partial charge in [0.1, 0.15) is 17.2 Å². The monoisotopic (exact) mass is 272 g/mol. The van der Waals surface area contributed by atoms with E-state index in [1.807, 2.05) is 0 Å². The van der Waals surface area contributed by atoms with Crippen molar-refractivity contribution < 1.29 is 19.2 Å². The molecule has 3 rings (SSSR count). The molecule has 0 saturated carbocycles. The number of amides is 1. The van der Waals surface area contributed by atoms with Gasteiger partial charge in [0.2, 0.25) is 0 Å². The summed E-state index contributed by atoms with van der Waals surface area (Å²) in [5.74, 6) is -1.50. The fourth-order valence-corrected chi connectivity index (χ4v) is 2.46. The van der Waals surface area contributed by atoms with Crippen LogP contribution in [0.1, 0.15) is 27.6 Å². The minimum Gasteiger partial charge on any atom is -0.481 e. The molecule has 0 radical (unpaired) electrons. The van der Waals surface area contributed by atoms with Crippen molar-refractivity contribution in [1.82, 2.24) is 5.16 Å². The maximum Gasteiger partial charge on any atom is 0.312 e. The minimum atomic E-state index is -0.935. The second kappa shape index (κ2) is 4.48. The summed E-state index contributed by atoms with van der Waals surface area (Å²) in [5.41, 5.74) is 1.64. The Morgan fingerprint density at radius 1 is 1.40 bits per heavy atom. The molecule has 0 bridgehead atoms. The van der Waals surface area contributed by atoms with E-state index < -0.39 is 11.9 Å². The molecule has 1 aliphatic rings. The van der Waals surface area contributed by atoms with Gasteiger partial charge in [-0.15, -0.1) is 0 Å². The average Bonchev–Trinajstić information content (AvgIpc) is 3.01. The molecule has 6 heteroatoms. The molecule has 0 spiro atoms. The molecule has 20 heavy (non-hydrogen) atoms. The van der Waals surface area contributed by atoms with E-state index in [1.54, 1.807) is 31.2 Å². The Kier molecular flexibility index (Phi) is 2.78. The molecule has 0 aliphatic carbocycles. The third-order valence-electron chi connectivity index (χ3n) is 3.49. The fourth-order valence-electron chi connectivity index (χ4n) is 2.46. The number of anilines is 1. The predicted octanol–water partition coefficient (Wildman–Crippen LogP) is 1.81. The van der Waals surface area contributed by atoms with Gasteiger partial charge in [0.25, 0.3) is 5.91 Å². The SMILES string of the molecule is Cc1oncc1C(=O)N1CC(C(=O)O)c2ccccc21. The molecule has 2 heterocycles. The number of carboxylic acids is 1. The molecular weight excluding hydrogens is 260 g/mol. The molecule has 102 valence electrons. The first-order valence-corrected chi connectivity index (χ1v) is 6.14. The number of carboxylic acid groups (broad SMARTS) is 1. The lowest BCUT2D eigenvalue weighted by Crippen LogP contribution is -2.31. The number of benzene rings is 1. The zero-order valence-electron chi connectivity index (χ0n) is 10.7. The van der Waals surface area contributed by atoms with Crippen LogP contribution in [0.3, 0.4) is 0 Å². The number of aromatic nitrogens is 1. The molecule has 1 amide bonds. The van der Waals surface area contributed by atoms with Crippen LogP contribution >= 0.6 is 0 Å². The molecule has 2 aromatic rings. The molecule has 0 saturated heterocycles. The first-order valence-electron chi connectivity index (χ1n) is 6.14. The highest BCUT2D eigenvalue weighted by Gasteiger charge is 2.37. The fraction of sp³-hybridized carbons (Fsp3) is 0.214. The maximum absolute atomic E-state index is 12.5. The van der Waals surface area contributed by atoms with E-state index in [4.69, 9.17) is 4.52 Å². The lowest BCUT2D eigenvalue weighted by atomic mass is 10.0. The molecule has 1 unspecified atom stereocenters. The van der Waals surface area contributed by atoms with Gasteiger partial charge in [-0.1, -0.05) is 23.4 Å². The van der Waals surface area contributed by atoms with Crippen LogP contribution in [-0.2, 0) is 4.79 Å². The number of para-hydroxylation sites is 1. The number of hydrogen-bond acceptors (Lipinski definition) is 4. The molecule has 0 fully saturated rings. The third-order valence-corrected chi connectivity index (χ3v) is 3.49. The van der Waals surface area contributed by atoms with Gasteiger partial charge < -0.3 is 14.5 Å². The summed E-state index contributed by atoms with van der Waals surface area (Å²) in [4.78, 5) is 25.3. The van der Waals surface area contributed by atoms with Crippen molar-refractivity contribution in [1.29, 1.82) is 0 Å². The molecule has 1 aliphatic heterocycles. The van der Waals surface area contributed by atoms with Gasteiger partial charge in [-0.2, -0.15) is 0 Å². The molecular formula is C14H12N2O4. The van der Waals surface area contributed by atoms with Crippen LogP contribution in [0.15, 0.2) is 35.0 Å². The van der Waals surface area contributed by atoms with E-state index in [9.17, 15) is 14.7 Å². The highest BCUT2D eigenvalue weighted by atomic mass is 16.5. The Balaban J connectivity index is 2.03. The van der Waals surface area contributed by atoms with Crippen molar-refractivity contribution in [2.75, 3.05) is 11.4 Å². The zero-order valence-corrected chi connectivity index (χ0v) is 10.7. The summed E-state index contributed by atoms with van der Waals surface area (Å²) < 4.78 is 4.89. The van der Waals surface area contributed by atoms with Gasteiger partial charge in [0, 0.05) is 12.2 Å². The van der Waals surface area contributed by atoms with Gasteiger partial charge in [-0.25, -0.2) is 0 Å². The van der Waals surface area contributed by atoms with Crippen molar-refractivity contribution >= 4 is 17.6 Å². The maximum atomic E-state index is 12.5. The first kappa shape index (κ1) is 12.4. The van der Waals surface area contributed by atoms with E-state index in [1.165, 1.54) is 11.1 Å².